The average Bonchev–Trinajstić information content (AvgIpc) is 3.03. The molecule has 5 heteroatoms. The van der Waals surface area contributed by atoms with Crippen LogP contribution in [0.1, 0.15) is 21.7 Å². The molecule has 0 radical (unpaired) electrons. The number of carbonyl (C=O) groups is 1. The first kappa shape index (κ1) is 15.0. The van der Waals surface area contributed by atoms with Gasteiger partial charge in [0.2, 0.25) is 0 Å². The Hall–Kier alpha value is -2.95. The number of benzene rings is 1. The first-order valence-electron chi connectivity index (χ1n) is 7.55. The molecule has 2 aromatic heterocycles. The van der Waals surface area contributed by atoms with Crippen molar-refractivity contribution >= 4 is 5.91 Å². The quantitative estimate of drug-likeness (QED) is 0.760. The maximum Gasteiger partial charge on any atom is 0.252 e. The molecule has 23 heavy (non-hydrogen) atoms. The summed E-state index contributed by atoms with van der Waals surface area (Å²) in [7, 11) is 0. The van der Waals surface area contributed by atoms with Gasteiger partial charge in [-0.2, -0.15) is 0 Å². The van der Waals surface area contributed by atoms with Gasteiger partial charge in [0.05, 0.1) is 5.56 Å². The number of nitrogens with one attached hydrogen (secondary N) is 1. The summed E-state index contributed by atoms with van der Waals surface area (Å²) in [4.78, 5) is 20.3. The van der Waals surface area contributed by atoms with Crippen LogP contribution in [0.5, 0.6) is 0 Å². The van der Waals surface area contributed by atoms with E-state index < -0.39 is 0 Å². The first-order chi connectivity index (χ1) is 11.3. The van der Waals surface area contributed by atoms with Crippen molar-refractivity contribution in [1.29, 1.82) is 0 Å². The van der Waals surface area contributed by atoms with Crippen molar-refractivity contribution in [1.82, 2.24) is 19.9 Å². The van der Waals surface area contributed by atoms with Crippen LogP contribution in [-0.4, -0.2) is 27.0 Å². The van der Waals surface area contributed by atoms with Crippen molar-refractivity contribution in [3.05, 3.63) is 84.2 Å². The SMILES string of the molecule is O=C(NCCc1nccn1Cc1ccccc1)c1cccnc1. The van der Waals surface area contributed by atoms with E-state index in [1.54, 1.807) is 30.7 Å². The minimum absolute atomic E-state index is 0.112. The Morgan fingerprint density at radius 3 is 2.74 bits per heavy atom. The van der Waals surface area contributed by atoms with E-state index >= 15 is 0 Å². The van der Waals surface area contributed by atoms with Gasteiger partial charge in [-0.1, -0.05) is 30.3 Å². The zero-order chi connectivity index (χ0) is 15.9. The number of hydrogen-bond donors (Lipinski definition) is 1. The normalized spacial score (nSPS) is 10.4. The third kappa shape index (κ3) is 4.03. The van der Waals surface area contributed by atoms with E-state index in [9.17, 15) is 4.79 Å². The summed E-state index contributed by atoms with van der Waals surface area (Å²) in [6.45, 7) is 1.33. The molecule has 5 nitrogen and oxygen atoms in total. The second-order valence-electron chi connectivity index (χ2n) is 5.20. The zero-order valence-corrected chi connectivity index (χ0v) is 12.7. The number of amides is 1. The zero-order valence-electron chi connectivity index (χ0n) is 12.7. The second kappa shape index (κ2) is 7.35. The molecule has 0 aliphatic carbocycles. The maximum atomic E-state index is 12.0. The molecule has 0 atom stereocenters. The molecule has 0 fully saturated rings. The van der Waals surface area contributed by atoms with Crippen molar-refractivity contribution in [2.45, 2.75) is 13.0 Å². The molecule has 0 aliphatic heterocycles. The molecule has 0 spiro atoms. The van der Waals surface area contributed by atoms with Gasteiger partial charge in [0.15, 0.2) is 0 Å². The van der Waals surface area contributed by atoms with Crippen molar-refractivity contribution in [2.75, 3.05) is 6.54 Å². The standard InChI is InChI=1S/C18H18N4O/c23-18(16-7-4-9-19-13-16)21-10-8-17-20-11-12-22(17)14-15-5-2-1-3-6-15/h1-7,9,11-13H,8,10,14H2,(H,21,23). The van der Waals surface area contributed by atoms with Crippen molar-refractivity contribution in [3.8, 4) is 0 Å². The maximum absolute atomic E-state index is 12.0. The summed E-state index contributed by atoms with van der Waals surface area (Å²) in [6.07, 6.45) is 7.65. The van der Waals surface area contributed by atoms with Crippen molar-refractivity contribution in [3.63, 3.8) is 0 Å². The minimum atomic E-state index is -0.112. The Morgan fingerprint density at radius 1 is 1.09 bits per heavy atom. The molecular weight excluding hydrogens is 288 g/mol. The number of pyridine rings is 1. The summed E-state index contributed by atoms with van der Waals surface area (Å²) in [5.74, 6) is 0.847. The molecule has 0 aliphatic rings. The molecule has 1 N–H and O–H groups in total. The van der Waals surface area contributed by atoms with Crippen LogP contribution in [-0.2, 0) is 13.0 Å². The summed E-state index contributed by atoms with van der Waals surface area (Å²) in [5.41, 5.74) is 1.80. The predicted molar refractivity (Wildman–Crippen MR) is 88.0 cm³/mol. The smallest absolute Gasteiger partial charge is 0.252 e. The van der Waals surface area contributed by atoms with Gasteiger partial charge in [0.25, 0.3) is 5.91 Å². The third-order valence-electron chi connectivity index (χ3n) is 3.56. The van der Waals surface area contributed by atoms with Crippen LogP contribution in [0.25, 0.3) is 0 Å². The van der Waals surface area contributed by atoms with Crippen LogP contribution in [0.4, 0.5) is 0 Å². The van der Waals surface area contributed by atoms with Gasteiger partial charge in [0, 0.05) is 44.3 Å². The number of aromatic nitrogens is 3. The number of nitrogens with zero attached hydrogens (tertiary/aromatic N) is 3. The first-order valence-corrected chi connectivity index (χ1v) is 7.55. The molecule has 0 saturated heterocycles. The lowest BCUT2D eigenvalue weighted by molar-refractivity contribution is 0.0953. The Bertz CT molecular complexity index is 753. The molecule has 0 saturated carbocycles. The van der Waals surface area contributed by atoms with Gasteiger partial charge in [-0.3, -0.25) is 9.78 Å². The molecule has 3 rings (SSSR count). The van der Waals surface area contributed by atoms with Gasteiger partial charge < -0.3 is 9.88 Å². The van der Waals surface area contributed by atoms with Crippen LogP contribution < -0.4 is 5.32 Å². The Balaban J connectivity index is 1.55. The van der Waals surface area contributed by atoms with E-state index in [4.69, 9.17) is 0 Å². The number of carbonyl (C=O) groups excluding carboxylic acids is 1. The van der Waals surface area contributed by atoms with Gasteiger partial charge in [-0.05, 0) is 17.7 Å². The molecular formula is C18H18N4O. The van der Waals surface area contributed by atoms with Crippen molar-refractivity contribution in [2.24, 2.45) is 0 Å². The Kier molecular flexibility index (Phi) is 4.79. The highest BCUT2D eigenvalue weighted by Gasteiger charge is 2.07. The van der Waals surface area contributed by atoms with E-state index in [1.165, 1.54) is 5.56 Å². The number of rotatable bonds is 6. The fourth-order valence-electron chi connectivity index (χ4n) is 2.38. The van der Waals surface area contributed by atoms with Crippen LogP contribution in [0.3, 0.4) is 0 Å². The van der Waals surface area contributed by atoms with Crippen LogP contribution >= 0.6 is 0 Å². The topological polar surface area (TPSA) is 59.8 Å². The highest BCUT2D eigenvalue weighted by Crippen LogP contribution is 2.06. The van der Waals surface area contributed by atoms with E-state index in [0.717, 1.165) is 12.4 Å². The number of imidazole rings is 1. The lowest BCUT2D eigenvalue weighted by Crippen LogP contribution is -2.26. The Morgan fingerprint density at radius 2 is 1.96 bits per heavy atom. The van der Waals surface area contributed by atoms with E-state index in [2.05, 4.69) is 32.0 Å². The second-order valence-corrected chi connectivity index (χ2v) is 5.20. The predicted octanol–water partition coefficient (Wildman–Crippen LogP) is 2.30. The van der Waals surface area contributed by atoms with Gasteiger partial charge in [0.1, 0.15) is 5.82 Å². The highest BCUT2D eigenvalue weighted by atomic mass is 16.1. The van der Waals surface area contributed by atoms with Gasteiger partial charge in [-0.15, -0.1) is 0 Å². The molecule has 1 aromatic carbocycles. The summed E-state index contributed by atoms with van der Waals surface area (Å²) in [6, 6.07) is 13.7. The Labute approximate surface area is 135 Å². The van der Waals surface area contributed by atoms with Crippen LogP contribution in [0.15, 0.2) is 67.3 Å². The molecule has 3 aromatic rings. The van der Waals surface area contributed by atoms with Gasteiger partial charge >= 0.3 is 0 Å². The highest BCUT2D eigenvalue weighted by molar-refractivity contribution is 5.93. The van der Waals surface area contributed by atoms with E-state index in [-0.39, 0.29) is 5.91 Å². The van der Waals surface area contributed by atoms with Crippen LogP contribution in [0, 0.1) is 0 Å². The van der Waals surface area contributed by atoms with Crippen molar-refractivity contribution < 1.29 is 4.79 Å². The molecule has 0 bridgehead atoms. The molecule has 116 valence electrons. The minimum Gasteiger partial charge on any atom is -0.352 e. The molecule has 2 heterocycles. The fourth-order valence-corrected chi connectivity index (χ4v) is 2.38. The van der Waals surface area contributed by atoms with Gasteiger partial charge in [-0.25, -0.2) is 4.98 Å². The average molecular weight is 306 g/mol. The fraction of sp³-hybridized carbons (Fsp3) is 0.167. The molecule has 0 unspecified atom stereocenters. The lowest BCUT2D eigenvalue weighted by Gasteiger charge is -2.09. The summed E-state index contributed by atoms with van der Waals surface area (Å²) >= 11 is 0. The summed E-state index contributed by atoms with van der Waals surface area (Å²) < 4.78 is 2.10. The third-order valence-corrected chi connectivity index (χ3v) is 3.56. The monoisotopic (exact) mass is 306 g/mol. The van der Waals surface area contributed by atoms with E-state index in [1.807, 2.05) is 24.4 Å². The van der Waals surface area contributed by atoms with Crippen LogP contribution in [0.2, 0.25) is 0 Å². The number of hydrogen-bond acceptors (Lipinski definition) is 3. The largest absolute Gasteiger partial charge is 0.352 e. The lowest BCUT2D eigenvalue weighted by atomic mass is 10.2. The van der Waals surface area contributed by atoms with E-state index in [0.29, 0.717) is 18.5 Å². The molecule has 1 amide bonds. The summed E-state index contributed by atoms with van der Waals surface area (Å²) in [5, 5.41) is 2.90.